The van der Waals surface area contributed by atoms with E-state index in [2.05, 4.69) is 6.92 Å². The van der Waals surface area contributed by atoms with Gasteiger partial charge in [0, 0.05) is 13.0 Å². The SMILES string of the molecule is CCCCOC[C@@H]1CCC(=O)O1. The number of hydrogen-bond donors (Lipinski definition) is 0. The maximum absolute atomic E-state index is 10.7. The highest BCUT2D eigenvalue weighted by Crippen LogP contribution is 2.13. The molecule has 0 saturated carbocycles. The van der Waals surface area contributed by atoms with Crippen LogP contribution < -0.4 is 0 Å². The fraction of sp³-hybridized carbons (Fsp3) is 0.889. The van der Waals surface area contributed by atoms with Crippen molar-refractivity contribution in [2.24, 2.45) is 0 Å². The minimum Gasteiger partial charge on any atom is -0.460 e. The number of ether oxygens (including phenoxy) is 2. The van der Waals surface area contributed by atoms with E-state index in [0.717, 1.165) is 25.9 Å². The Morgan fingerprint density at radius 1 is 1.67 bits per heavy atom. The molecule has 0 unspecified atom stereocenters. The number of esters is 1. The van der Waals surface area contributed by atoms with Gasteiger partial charge in [0.15, 0.2) is 0 Å². The van der Waals surface area contributed by atoms with Crippen LogP contribution in [0.4, 0.5) is 0 Å². The highest BCUT2D eigenvalue weighted by atomic mass is 16.6. The topological polar surface area (TPSA) is 35.5 Å². The first kappa shape index (κ1) is 9.52. The van der Waals surface area contributed by atoms with E-state index in [1.807, 2.05) is 0 Å². The molecule has 0 spiro atoms. The fourth-order valence-electron chi connectivity index (χ4n) is 1.16. The lowest BCUT2D eigenvalue weighted by Gasteiger charge is -2.08. The highest BCUT2D eigenvalue weighted by molar-refractivity contribution is 5.71. The summed E-state index contributed by atoms with van der Waals surface area (Å²) in [4.78, 5) is 10.7. The summed E-state index contributed by atoms with van der Waals surface area (Å²) in [6, 6.07) is 0. The van der Waals surface area contributed by atoms with Crippen LogP contribution in [0.25, 0.3) is 0 Å². The number of cyclic esters (lactones) is 1. The molecule has 0 radical (unpaired) electrons. The van der Waals surface area contributed by atoms with Crippen LogP contribution >= 0.6 is 0 Å². The second kappa shape index (κ2) is 5.14. The van der Waals surface area contributed by atoms with Gasteiger partial charge in [-0.1, -0.05) is 13.3 Å². The lowest BCUT2D eigenvalue weighted by atomic mass is 10.2. The molecule has 0 N–H and O–H groups in total. The zero-order chi connectivity index (χ0) is 8.81. The average molecular weight is 172 g/mol. The lowest BCUT2D eigenvalue weighted by molar-refractivity contribution is -0.143. The molecule has 0 aromatic rings. The van der Waals surface area contributed by atoms with Gasteiger partial charge in [0.1, 0.15) is 6.10 Å². The minimum absolute atomic E-state index is 0.0226. The Hall–Kier alpha value is -0.570. The van der Waals surface area contributed by atoms with Gasteiger partial charge in [-0.2, -0.15) is 0 Å². The van der Waals surface area contributed by atoms with Gasteiger partial charge in [-0.3, -0.25) is 4.79 Å². The average Bonchev–Trinajstić information content (AvgIpc) is 2.45. The molecule has 0 aliphatic carbocycles. The molecule has 1 fully saturated rings. The third kappa shape index (κ3) is 3.22. The standard InChI is InChI=1S/C9H16O3/c1-2-3-6-11-7-8-4-5-9(10)12-8/h8H,2-7H2,1H3/t8-/m0/s1. The molecule has 3 nitrogen and oxygen atoms in total. The van der Waals surface area contributed by atoms with E-state index in [4.69, 9.17) is 9.47 Å². The first-order valence-electron chi connectivity index (χ1n) is 4.60. The van der Waals surface area contributed by atoms with E-state index in [1.54, 1.807) is 0 Å². The first-order valence-corrected chi connectivity index (χ1v) is 4.60. The van der Waals surface area contributed by atoms with Crippen LogP contribution in [0.1, 0.15) is 32.6 Å². The molecule has 1 rings (SSSR count). The zero-order valence-corrected chi connectivity index (χ0v) is 7.54. The summed E-state index contributed by atoms with van der Waals surface area (Å²) in [6.07, 6.45) is 3.63. The number of carbonyl (C=O) groups excluding carboxylic acids is 1. The molecule has 1 aliphatic rings. The van der Waals surface area contributed by atoms with Crippen LogP contribution in [0.2, 0.25) is 0 Å². The zero-order valence-electron chi connectivity index (χ0n) is 7.54. The summed E-state index contributed by atoms with van der Waals surface area (Å²) in [6.45, 7) is 3.48. The largest absolute Gasteiger partial charge is 0.460 e. The smallest absolute Gasteiger partial charge is 0.306 e. The van der Waals surface area contributed by atoms with Crippen molar-refractivity contribution >= 4 is 5.97 Å². The first-order chi connectivity index (χ1) is 5.83. The van der Waals surface area contributed by atoms with Crippen LogP contribution in [0.15, 0.2) is 0 Å². The maximum atomic E-state index is 10.7. The molecule has 0 aromatic carbocycles. The van der Waals surface area contributed by atoms with E-state index in [1.165, 1.54) is 0 Å². The third-order valence-electron chi connectivity index (χ3n) is 1.91. The van der Waals surface area contributed by atoms with Crippen molar-refractivity contribution in [1.82, 2.24) is 0 Å². The normalized spacial score (nSPS) is 22.8. The molecule has 70 valence electrons. The van der Waals surface area contributed by atoms with Gasteiger partial charge >= 0.3 is 5.97 Å². The molecule has 12 heavy (non-hydrogen) atoms. The predicted octanol–water partition coefficient (Wildman–Crippen LogP) is 1.51. The summed E-state index contributed by atoms with van der Waals surface area (Å²) in [7, 11) is 0. The quantitative estimate of drug-likeness (QED) is 0.466. The number of carbonyl (C=O) groups is 1. The van der Waals surface area contributed by atoms with Crippen molar-refractivity contribution in [3.8, 4) is 0 Å². The Morgan fingerprint density at radius 2 is 2.50 bits per heavy atom. The Bertz CT molecular complexity index is 145. The van der Waals surface area contributed by atoms with Gasteiger partial charge in [0.05, 0.1) is 6.61 Å². The van der Waals surface area contributed by atoms with E-state index >= 15 is 0 Å². The number of unbranched alkanes of at least 4 members (excludes halogenated alkanes) is 1. The summed E-state index contributed by atoms with van der Waals surface area (Å²) < 4.78 is 10.3. The van der Waals surface area contributed by atoms with Crippen molar-refractivity contribution in [2.75, 3.05) is 13.2 Å². The van der Waals surface area contributed by atoms with E-state index < -0.39 is 0 Å². The van der Waals surface area contributed by atoms with E-state index in [9.17, 15) is 4.79 Å². The van der Waals surface area contributed by atoms with Gasteiger partial charge in [-0.15, -0.1) is 0 Å². The minimum atomic E-state index is -0.0842. The van der Waals surface area contributed by atoms with Crippen LogP contribution in [0.3, 0.4) is 0 Å². The third-order valence-corrected chi connectivity index (χ3v) is 1.91. The summed E-state index contributed by atoms with van der Waals surface area (Å²) in [5, 5.41) is 0. The van der Waals surface area contributed by atoms with Gasteiger partial charge in [-0.05, 0) is 12.8 Å². The fourth-order valence-corrected chi connectivity index (χ4v) is 1.16. The molecular weight excluding hydrogens is 156 g/mol. The number of rotatable bonds is 5. The monoisotopic (exact) mass is 172 g/mol. The summed E-state index contributed by atoms with van der Waals surface area (Å²) >= 11 is 0. The Kier molecular flexibility index (Phi) is 4.08. The molecule has 0 amide bonds. The van der Waals surface area contributed by atoms with Crippen molar-refractivity contribution in [1.29, 1.82) is 0 Å². The van der Waals surface area contributed by atoms with Crippen LogP contribution in [-0.2, 0) is 14.3 Å². The Balaban J connectivity index is 1.97. The molecular formula is C9H16O3. The van der Waals surface area contributed by atoms with Crippen molar-refractivity contribution in [3.63, 3.8) is 0 Å². The van der Waals surface area contributed by atoms with Gasteiger partial charge < -0.3 is 9.47 Å². The predicted molar refractivity (Wildman–Crippen MR) is 44.8 cm³/mol. The Labute approximate surface area is 73.0 Å². The second-order valence-corrected chi connectivity index (χ2v) is 3.08. The maximum Gasteiger partial charge on any atom is 0.306 e. The molecule has 1 saturated heterocycles. The summed E-state index contributed by atoms with van der Waals surface area (Å²) in [5.41, 5.74) is 0. The van der Waals surface area contributed by atoms with Crippen molar-refractivity contribution in [3.05, 3.63) is 0 Å². The molecule has 1 aliphatic heterocycles. The molecule has 0 aromatic heterocycles. The van der Waals surface area contributed by atoms with Crippen molar-refractivity contribution < 1.29 is 14.3 Å². The van der Waals surface area contributed by atoms with E-state index in [-0.39, 0.29) is 12.1 Å². The van der Waals surface area contributed by atoms with Crippen LogP contribution in [0.5, 0.6) is 0 Å². The Morgan fingerprint density at radius 3 is 3.08 bits per heavy atom. The van der Waals surface area contributed by atoms with Crippen LogP contribution in [-0.4, -0.2) is 25.3 Å². The van der Waals surface area contributed by atoms with Gasteiger partial charge in [-0.25, -0.2) is 0 Å². The molecule has 1 atom stereocenters. The van der Waals surface area contributed by atoms with Crippen molar-refractivity contribution in [2.45, 2.75) is 38.7 Å². The number of hydrogen-bond acceptors (Lipinski definition) is 3. The summed E-state index contributed by atoms with van der Waals surface area (Å²) in [5.74, 6) is -0.0842. The van der Waals surface area contributed by atoms with Gasteiger partial charge in [0.25, 0.3) is 0 Å². The van der Waals surface area contributed by atoms with E-state index in [0.29, 0.717) is 13.0 Å². The second-order valence-electron chi connectivity index (χ2n) is 3.08. The lowest BCUT2D eigenvalue weighted by Crippen LogP contribution is -2.15. The molecule has 0 bridgehead atoms. The highest BCUT2D eigenvalue weighted by Gasteiger charge is 2.22. The molecule has 1 heterocycles. The van der Waals surface area contributed by atoms with Gasteiger partial charge in [0.2, 0.25) is 0 Å². The molecule has 3 heteroatoms. The van der Waals surface area contributed by atoms with Crippen LogP contribution in [0, 0.1) is 0 Å².